The first kappa shape index (κ1) is 33.3. The van der Waals surface area contributed by atoms with Crippen molar-refractivity contribution < 1.29 is 46.8 Å². The number of fused-ring (bicyclic) bond motifs is 4. The lowest BCUT2D eigenvalue weighted by Crippen LogP contribution is -2.59. The zero-order chi connectivity index (χ0) is 34.2. The summed E-state index contributed by atoms with van der Waals surface area (Å²) in [6.07, 6.45) is -1.57. The summed E-state index contributed by atoms with van der Waals surface area (Å²) in [5, 5.41) is 0. The van der Waals surface area contributed by atoms with Crippen LogP contribution in [0.2, 0.25) is 0 Å². The maximum Gasteiger partial charge on any atom is 0.511 e. The van der Waals surface area contributed by atoms with Gasteiger partial charge in [-0.25, -0.2) is 18.3 Å². The number of esters is 1. The number of benzene rings is 2. The highest BCUT2D eigenvalue weighted by Gasteiger charge is 2.39. The smallest absolute Gasteiger partial charge is 0.465 e. The zero-order valence-electron chi connectivity index (χ0n) is 26.4. The van der Waals surface area contributed by atoms with Crippen molar-refractivity contribution in [3.8, 4) is 17.0 Å². The summed E-state index contributed by atoms with van der Waals surface area (Å²) >= 11 is 1.39. The van der Waals surface area contributed by atoms with Crippen LogP contribution in [0.5, 0.6) is 5.75 Å². The molecule has 3 aliphatic rings. The van der Waals surface area contributed by atoms with E-state index < -0.39 is 59.2 Å². The van der Waals surface area contributed by atoms with Crippen LogP contribution in [-0.4, -0.2) is 73.5 Å². The molecule has 0 spiro atoms. The molecule has 0 bridgehead atoms. The van der Waals surface area contributed by atoms with E-state index in [2.05, 4.69) is 5.43 Å². The second kappa shape index (κ2) is 13.5. The Labute approximate surface area is 278 Å². The SMILES string of the molecule is CCOC(=O)C(C)(C)COC(=O)OCOc1c2n(c(-c3cc(F)c(F)c4c3Cc3ccccc3SC4)cc1=O)N[C@@H]1COCCN1C2=O. The molecule has 15 heteroatoms. The van der Waals surface area contributed by atoms with Crippen LogP contribution in [0.3, 0.4) is 0 Å². The van der Waals surface area contributed by atoms with Gasteiger partial charge in [-0.3, -0.25) is 14.4 Å². The highest BCUT2D eigenvalue weighted by atomic mass is 32.2. The van der Waals surface area contributed by atoms with Gasteiger partial charge < -0.3 is 34.0 Å². The number of hydrogen-bond donors (Lipinski definition) is 1. The molecule has 12 nitrogen and oxygen atoms in total. The van der Waals surface area contributed by atoms with E-state index in [1.54, 1.807) is 6.92 Å². The summed E-state index contributed by atoms with van der Waals surface area (Å²) in [5.74, 6) is -3.50. The lowest BCUT2D eigenvalue weighted by molar-refractivity contribution is -0.156. The molecule has 3 aromatic rings. The van der Waals surface area contributed by atoms with Gasteiger partial charge in [0.05, 0.1) is 30.9 Å². The van der Waals surface area contributed by atoms with Crippen molar-refractivity contribution in [3.63, 3.8) is 0 Å². The minimum absolute atomic E-state index is 0.113. The van der Waals surface area contributed by atoms with Crippen LogP contribution in [0.15, 0.2) is 46.1 Å². The third-order valence-corrected chi connectivity index (χ3v) is 9.37. The van der Waals surface area contributed by atoms with Crippen LogP contribution in [0.4, 0.5) is 13.6 Å². The Morgan fingerprint density at radius 1 is 1.10 bits per heavy atom. The van der Waals surface area contributed by atoms with E-state index in [-0.39, 0.29) is 67.7 Å². The van der Waals surface area contributed by atoms with Crippen LogP contribution >= 0.6 is 11.8 Å². The molecule has 1 atom stereocenters. The first-order valence-electron chi connectivity index (χ1n) is 15.3. The fourth-order valence-electron chi connectivity index (χ4n) is 5.73. The number of carbonyl (C=O) groups is 3. The summed E-state index contributed by atoms with van der Waals surface area (Å²) < 4.78 is 58.0. The fraction of sp³-hybridized carbons (Fsp3) is 0.394. The van der Waals surface area contributed by atoms with Crippen LogP contribution in [0.1, 0.15) is 48.0 Å². The van der Waals surface area contributed by atoms with E-state index in [9.17, 15) is 19.2 Å². The van der Waals surface area contributed by atoms with Crippen molar-refractivity contribution in [2.24, 2.45) is 5.41 Å². The molecule has 4 heterocycles. The lowest BCUT2D eigenvalue weighted by Gasteiger charge is -2.42. The summed E-state index contributed by atoms with van der Waals surface area (Å²) in [6, 6.07) is 9.74. The number of nitrogens with one attached hydrogen (secondary N) is 1. The molecule has 1 aromatic heterocycles. The van der Waals surface area contributed by atoms with Gasteiger partial charge in [0.1, 0.15) is 12.8 Å². The van der Waals surface area contributed by atoms with Crippen molar-refractivity contribution in [3.05, 3.63) is 80.6 Å². The Balaban J connectivity index is 1.36. The number of morpholine rings is 1. The summed E-state index contributed by atoms with van der Waals surface area (Å²) in [4.78, 5) is 54.4. The molecule has 1 N–H and O–H groups in total. The summed E-state index contributed by atoms with van der Waals surface area (Å²) in [7, 11) is 0. The average Bonchev–Trinajstić information content (AvgIpc) is 3.27. The maximum atomic E-state index is 15.3. The van der Waals surface area contributed by atoms with Crippen molar-refractivity contribution >= 4 is 29.8 Å². The van der Waals surface area contributed by atoms with Crippen LogP contribution in [0, 0.1) is 17.0 Å². The predicted octanol–water partition coefficient (Wildman–Crippen LogP) is 4.42. The molecule has 0 radical (unpaired) electrons. The Kier molecular flexibility index (Phi) is 9.34. The molecule has 0 aliphatic carbocycles. The van der Waals surface area contributed by atoms with Gasteiger partial charge in [-0.2, -0.15) is 0 Å². The number of amides is 1. The van der Waals surface area contributed by atoms with E-state index in [1.807, 2.05) is 24.3 Å². The molecule has 0 unspecified atom stereocenters. The predicted molar refractivity (Wildman–Crippen MR) is 168 cm³/mol. The molecule has 254 valence electrons. The molecule has 2 aromatic carbocycles. The van der Waals surface area contributed by atoms with Gasteiger partial charge in [0.2, 0.25) is 18.0 Å². The summed E-state index contributed by atoms with van der Waals surface area (Å²) in [6.45, 7) is 4.31. The monoisotopic (exact) mass is 685 g/mol. The largest absolute Gasteiger partial charge is 0.511 e. The number of thioether (sulfide) groups is 1. The molecular weight excluding hydrogens is 652 g/mol. The normalized spacial score (nSPS) is 16.7. The molecule has 3 aliphatic heterocycles. The minimum atomic E-state index is -1.18. The molecule has 1 saturated heterocycles. The second-order valence-corrected chi connectivity index (χ2v) is 12.9. The van der Waals surface area contributed by atoms with Crippen LogP contribution < -0.4 is 15.6 Å². The summed E-state index contributed by atoms with van der Waals surface area (Å²) in [5.41, 5.74) is 2.92. The van der Waals surface area contributed by atoms with Gasteiger partial charge in [0.25, 0.3) is 5.91 Å². The van der Waals surface area contributed by atoms with E-state index in [4.69, 9.17) is 23.7 Å². The number of carbonyl (C=O) groups excluding carboxylic acids is 3. The Morgan fingerprint density at radius 3 is 2.69 bits per heavy atom. The molecule has 48 heavy (non-hydrogen) atoms. The molecule has 6 rings (SSSR count). The van der Waals surface area contributed by atoms with Gasteiger partial charge in [0, 0.05) is 34.4 Å². The maximum absolute atomic E-state index is 15.3. The van der Waals surface area contributed by atoms with Gasteiger partial charge >= 0.3 is 12.1 Å². The van der Waals surface area contributed by atoms with E-state index in [0.717, 1.165) is 22.6 Å². The number of halogens is 2. The molecule has 1 amide bonds. The number of rotatable bonds is 8. The van der Waals surface area contributed by atoms with E-state index in [1.165, 1.54) is 35.2 Å². The topological polar surface area (TPSA) is 135 Å². The van der Waals surface area contributed by atoms with E-state index in [0.29, 0.717) is 5.56 Å². The second-order valence-electron chi connectivity index (χ2n) is 11.9. The van der Waals surface area contributed by atoms with Gasteiger partial charge in [-0.15, -0.1) is 11.8 Å². The number of ether oxygens (including phenoxy) is 5. The molecular formula is C33H33F2N3O9S. The Hall–Kier alpha value is -4.63. The lowest BCUT2D eigenvalue weighted by atomic mass is 9.92. The van der Waals surface area contributed by atoms with Crippen molar-refractivity contribution in [1.29, 1.82) is 0 Å². The molecule has 0 saturated carbocycles. The van der Waals surface area contributed by atoms with Crippen molar-refractivity contribution in [2.45, 2.75) is 44.0 Å². The van der Waals surface area contributed by atoms with Gasteiger partial charge in [-0.1, -0.05) is 18.2 Å². The van der Waals surface area contributed by atoms with Gasteiger partial charge in [0.15, 0.2) is 17.3 Å². The minimum Gasteiger partial charge on any atom is -0.465 e. The average molecular weight is 686 g/mol. The van der Waals surface area contributed by atoms with Crippen LogP contribution in [0.25, 0.3) is 11.3 Å². The fourth-order valence-corrected chi connectivity index (χ4v) is 6.83. The highest BCUT2D eigenvalue weighted by Crippen LogP contribution is 2.41. The van der Waals surface area contributed by atoms with E-state index >= 15 is 8.78 Å². The number of nitrogens with zero attached hydrogens (tertiary/aromatic N) is 2. The first-order chi connectivity index (χ1) is 23.0. The first-order valence-corrected chi connectivity index (χ1v) is 16.2. The van der Waals surface area contributed by atoms with Gasteiger partial charge in [-0.05, 0) is 50.5 Å². The number of pyridine rings is 1. The number of aromatic nitrogens is 1. The quantitative estimate of drug-likeness (QED) is 0.267. The Bertz CT molecular complexity index is 1850. The van der Waals surface area contributed by atoms with Crippen LogP contribution in [-0.2, 0) is 35.9 Å². The van der Waals surface area contributed by atoms with Crippen molar-refractivity contribution in [1.82, 2.24) is 9.58 Å². The number of hydrogen-bond acceptors (Lipinski definition) is 11. The standard InChI is InChI=1S/C33H33F2N3O9S/c1-4-44-31(41)33(2,3)16-45-32(42)47-17-46-29-24(39)13-23(38-28(29)30(40)37-9-10-43-14-26(37)36-38)20-12-22(34)27(35)21-15-48-25-8-6-5-7-18(25)11-19(20)21/h5-8,12-13,26,36H,4,9-11,14-17H2,1-3H3/t26-/m0/s1. The third kappa shape index (κ3) is 6.31. The zero-order valence-corrected chi connectivity index (χ0v) is 27.2. The van der Waals surface area contributed by atoms with Crippen molar-refractivity contribution in [2.75, 3.05) is 45.2 Å². The Morgan fingerprint density at radius 2 is 1.90 bits per heavy atom. The molecule has 1 fully saturated rings. The third-order valence-electron chi connectivity index (χ3n) is 8.22. The highest BCUT2D eigenvalue weighted by molar-refractivity contribution is 7.98.